The van der Waals surface area contributed by atoms with Crippen molar-refractivity contribution >= 4 is 154 Å². The molecule has 13 rings (SSSR count). The van der Waals surface area contributed by atoms with Crippen LogP contribution in [0.3, 0.4) is 0 Å². The predicted octanol–water partition coefficient (Wildman–Crippen LogP) is 29.1. The lowest BCUT2D eigenvalue weighted by Crippen LogP contribution is -2.31. The molecule has 2 aromatic carbocycles. The Morgan fingerprint density at radius 3 is 1.02 bits per heavy atom. The second kappa shape index (κ2) is 31.6. The molecular formula is C81H104N6S8. The van der Waals surface area contributed by atoms with E-state index in [1.807, 2.05) is 45.3 Å². The van der Waals surface area contributed by atoms with Crippen LogP contribution < -0.4 is 0 Å². The van der Waals surface area contributed by atoms with Gasteiger partial charge in [0.15, 0.2) is 0 Å². The van der Waals surface area contributed by atoms with Gasteiger partial charge in [-0.1, -0.05) is 235 Å². The standard InChI is InChI=1S/C81H104N6S8/c1-11-21-27-29-39-86-63-43-55(41-51(17-7)31-23-13-3)88-77(63)79-65(86)47-69(92-79)59-37-35-57(71-73(59)84-94-82-71)67-45-61-75(90-67)76-62(81(61,49-53(19-9)33-25-15-5)50-54(20-10)34-26-16-6)46-68(91-76)58-36-38-60(74-72(58)83-95-85-74)70-48-66-80(93-70)78-64(87(66)40-30-28-22-12-2)44-56(89-78)42-52(18-8)32-24-14-4/h35-38,43-48,51-54H,11-34,39-42,49-50H2,1-10H3. The van der Waals surface area contributed by atoms with Crippen molar-refractivity contribution in [3.63, 3.8) is 0 Å². The van der Waals surface area contributed by atoms with Gasteiger partial charge in [-0.05, 0) is 110 Å². The molecule has 4 atom stereocenters. The molecule has 0 spiro atoms. The summed E-state index contributed by atoms with van der Waals surface area (Å²) < 4.78 is 32.2. The second-order valence-electron chi connectivity index (χ2n) is 28.4. The van der Waals surface area contributed by atoms with E-state index in [0.29, 0.717) is 11.8 Å². The van der Waals surface area contributed by atoms with Crippen molar-refractivity contribution in [1.29, 1.82) is 0 Å². The van der Waals surface area contributed by atoms with Crippen LogP contribution in [0.15, 0.2) is 60.7 Å². The summed E-state index contributed by atoms with van der Waals surface area (Å²) in [4.78, 5) is 11.4. The third-order valence-corrected chi connectivity index (χ3v) is 30.5. The molecule has 1 aliphatic carbocycles. The first kappa shape index (κ1) is 69.4. The lowest BCUT2D eigenvalue weighted by atomic mass is 9.65. The number of nitrogens with zero attached hydrogens (tertiary/aromatic N) is 6. The fraction of sp³-hybridized carbons (Fsp3) is 0.556. The highest BCUT2D eigenvalue weighted by atomic mass is 32.1. The number of aryl methyl sites for hydroxylation is 2. The summed E-state index contributed by atoms with van der Waals surface area (Å²) in [6.07, 6.45) is 35.3. The summed E-state index contributed by atoms with van der Waals surface area (Å²) in [5.74, 6) is 2.79. The Bertz CT molecular complexity index is 4210. The maximum atomic E-state index is 5.25. The molecule has 0 saturated carbocycles. The molecular weight excluding hydrogens is 1310 g/mol. The van der Waals surface area contributed by atoms with Crippen LogP contribution in [0.2, 0.25) is 0 Å². The smallest absolute Gasteiger partial charge is 0.114 e. The Balaban J connectivity index is 0.896. The number of fused-ring (bicyclic) bond motifs is 11. The number of unbranched alkanes of at least 4 members (excludes halogenated alkanes) is 10. The Morgan fingerprint density at radius 2 is 0.674 bits per heavy atom. The van der Waals surface area contributed by atoms with Gasteiger partial charge in [0.25, 0.3) is 0 Å². The fourth-order valence-corrected chi connectivity index (χ4v) is 25.4. The van der Waals surface area contributed by atoms with Crippen molar-refractivity contribution in [2.75, 3.05) is 0 Å². The van der Waals surface area contributed by atoms with E-state index < -0.39 is 0 Å². The van der Waals surface area contributed by atoms with Crippen LogP contribution in [0.1, 0.15) is 257 Å². The molecule has 4 unspecified atom stereocenters. The maximum Gasteiger partial charge on any atom is 0.114 e. The quantitative estimate of drug-likeness (QED) is 0.0362. The molecule has 12 aromatic rings. The predicted molar refractivity (Wildman–Crippen MR) is 428 cm³/mol. The number of benzene rings is 2. The van der Waals surface area contributed by atoms with E-state index in [1.165, 1.54) is 296 Å². The average Bonchev–Trinajstić information content (AvgIpc) is 1.55. The van der Waals surface area contributed by atoms with Crippen LogP contribution in [-0.4, -0.2) is 26.6 Å². The molecule has 0 N–H and O–H groups in total. The van der Waals surface area contributed by atoms with Crippen LogP contribution in [0.5, 0.6) is 0 Å². The van der Waals surface area contributed by atoms with Crippen molar-refractivity contribution in [2.45, 2.75) is 268 Å². The third-order valence-electron chi connectivity index (χ3n) is 22.0. The van der Waals surface area contributed by atoms with Gasteiger partial charge in [0.2, 0.25) is 0 Å². The zero-order valence-electron chi connectivity index (χ0n) is 58.7. The van der Waals surface area contributed by atoms with Crippen LogP contribution in [0.25, 0.3) is 114 Å². The van der Waals surface area contributed by atoms with E-state index in [4.69, 9.17) is 17.5 Å². The Labute approximate surface area is 600 Å². The number of hydrogen-bond donors (Lipinski definition) is 0. The Kier molecular flexibility index (Phi) is 23.1. The molecule has 0 bridgehead atoms. The molecule has 506 valence electrons. The first-order valence-electron chi connectivity index (χ1n) is 37.5. The number of rotatable bonds is 38. The highest BCUT2D eigenvalue weighted by molar-refractivity contribution is 7.30. The van der Waals surface area contributed by atoms with Gasteiger partial charge in [-0.15, -0.1) is 68.0 Å². The van der Waals surface area contributed by atoms with Crippen LogP contribution in [0, 0.1) is 23.7 Å². The lowest BCUT2D eigenvalue weighted by molar-refractivity contribution is 0.266. The van der Waals surface area contributed by atoms with Gasteiger partial charge in [-0.3, -0.25) is 0 Å². The minimum Gasteiger partial charge on any atom is -0.339 e. The average molecular weight is 1420 g/mol. The van der Waals surface area contributed by atoms with Gasteiger partial charge < -0.3 is 9.13 Å². The highest BCUT2D eigenvalue weighted by Crippen LogP contribution is 2.64. The van der Waals surface area contributed by atoms with Crippen LogP contribution in [-0.2, 0) is 31.3 Å². The van der Waals surface area contributed by atoms with E-state index in [-0.39, 0.29) is 5.41 Å². The normalized spacial score (nSPS) is 15.6. The molecule has 0 amide bonds. The summed E-state index contributed by atoms with van der Waals surface area (Å²) in [5.41, 5.74) is 17.9. The van der Waals surface area contributed by atoms with Gasteiger partial charge in [-0.25, -0.2) is 0 Å². The third kappa shape index (κ3) is 13.8. The molecule has 0 fully saturated rings. The van der Waals surface area contributed by atoms with E-state index >= 15 is 0 Å². The summed E-state index contributed by atoms with van der Waals surface area (Å²) in [6.45, 7) is 26.0. The number of aromatic nitrogens is 6. The maximum absolute atomic E-state index is 5.25. The molecule has 0 radical (unpaired) electrons. The summed E-state index contributed by atoms with van der Waals surface area (Å²) in [6, 6.07) is 25.2. The van der Waals surface area contributed by atoms with Gasteiger partial charge in [0.1, 0.15) is 22.1 Å². The molecule has 6 nitrogen and oxygen atoms in total. The minimum absolute atomic E-state index is 0.101. The van der Waals surface area contributed by atoms with Crippen LogP contribution in [0.4, 0.5) is 0 Å². The fourth-order valence-electron chi connectivity index (χ4n) is 16.3. The van der Waals surface area contributed by atoms with Crippen molar-refractivity contribution in [3.8, 4) is 51.5 Å². The molecule has 14 heteroatoms. The number of thiophene rings is 6. The van der Waals surface area contributed by atoms with Crippen molar-refractivity contribution in [1.82, 2.24) is 26.6 Å². The number of hydrogen-bond acceptors (Lipinski definition) is 12. The summed E-state index contributed by atoms with van der Waals surface area (Å²) >= 11 is 15.0. The van der Waals surface area contributed by atoms with Crippen molar-refractivity contribution < 1.29 is 0 Å². The first-order chi connectivity index (χ1) is 46.6. The molecule has 10 aromatic heterocycles. The summed E-state index contributed by atoms with van der Waals surface area (Å²) in [5, 5.41) is 0. The monoisotopic (exact) mass is 1420 g/mol. The summed E-state index contributed by atoms with van der Waals surface area (Å²) in [7, 11) is 0. The SMILES string of the molecule is CCCCCCn1c2cc(CC(CC)CCCC)sc2c2sc(-c3ccc(-c4cc5c(s4)-c4sc(-c6ccc(-c7cc8c(s7)c7sc(CC(CC)CCCC)cc7n8CCCCCC)c7nsnc67)cc4C5(CC(CC)CCCC)CC(CC)CCCC)c4nsnc34)cc21. The highest BCUT2D eigenvalue weighted by Gasteiger charge is 2.48. The molecule has 0 aliphatic heterocycles. The van der Waals surface area contributed by atoms with E-state index in [1.54, 1.807) is 20.9 Å². The van der Waals surface area contributed by atoms with E-state index in [0.717, 1.165) is 47.0 Å². The topological polar surface area (TPSA) is 61.4 Å². The lowest BCUT2D eigenvalue weighted by Gasteiger charge is -2.37. The first-order valence-corrected chi connectivity index (χ1v) is 43.9. The largest absolute Gasteiger partial charge is 0.339 e. The van der Waals surface area contributed by atoms with Gasteiger partial charge in [-0.2, -0.15) is 17.5 Å². The van der Waals surface area contributed by atoms with Gasteiger partial charge in [0.05, 0.1) is 64.3 Å². The minimum atomic E-state index is -0.101. The van der Waals surface area contributed by atoms with Crippen molar-refractivity contribution in [3.05, 3.63) is 81.5 Å². The molecule has 10 heterocycles. The second-order valence-corrected chi connectivity index (χ2v) is 36.0. The van der Waals surface area contributed by atoms with Gasteiger partial charge >= 0.3 is 0 Å². The Morgan fingerprint density at radius 1 is 0.347 bits per heavy atom. The zero-order chi connectivity index (χ0) is 65.7. The zero-order valence-corrected chi connectivity index (χ0v) is 65.3. The van der Waals surface area contributed by atoms with E-state index in [2.05, 4.69) is 162 Å². The van der Waals surface area contributed by atoms with Crippen LogP contribution >= 0.6 is 91.5 Å². The Hall–Kier alpha value is -4.12. The molecule has 0 saturated heterocycles. The van der Waals surface area contributed by atoms with E-state index in [9.17, 15) is 0 Å². The van der Waals surface area contributed by atoms with Crippen molar-refractivity contribution in [2.24, 2.45) is 23.7 Å². The molecule has 95 heavy (non-hydrogen) atoms. The van der Waals surface area contributed by atoms with Gasteiger partial charge in [0, 0.05) is 79.8 Å². The molecule has 1 aliphatic rings.